The Morgan fingerprint density at radius 3 is 2.47 bits per heavy atom. The SMILES string of the molecule is CCCCN1C(=O)/C(=C\c2cc(-c3ccc(S(=O)(=O)N4CCOCC4)cc3)nn2-c2ccccc2)SC1=S. The number of hydrogen-bond acceptors (Lipinski definition) is 7. The number of ether oxygens (including phenoxy) is 1. The lowest BCUT2D eigenvalue weighted by molar-refractivity contribution is -0.122. The van der Waals surface area contributed by atoms with Crippen LogP contribution in [0, 0.1) is 0 Å². The highest BCUT2D eigenvalue weighted by atomic mass is 32.2. The predicted octanol–water partition coefficient (Wildman–Crippen LogP) is 4.56. The van der Waals surface area contributed by atoms with Gasteiger partial charge < -0.3 is 4.74 Å². The van der Waals surface area contributed by atoms with Gasteiger partial charge in [0.15, 0.2) is 0 Å². The number of benzene rings is 2. The van der Waals surface area contributed by atoms with Crippen LogP contribution in [0.1, 0.15) is 25.5 Å². The van der Waals surface area contributed by atoms with Gasteiger partial charge in [0.1, 0.15) is 4.32 Å². The molecular formula is C27H28N4O4S3. The highest BCUT2D eigenvalue weighted by Gasteiger charge is 2.32. The Morgan fingerprint density at radius 2 is 1.79 bits per heavy atom. The molecule has 2 aliphatic heterocycles. The highest BCUT2D eigenvalue weighted by Crippen LogP contribution is 2.34. The van der Waals surface area contributed by atoms with Gasteiger partial charge in [0.05, 0.1) is 40.1 Å². The summed E-state index contributed by atoms with van der Waals surface area (Å²) in [4.78, 5) is 15.5. The summed E-state index contributed by atoms with van der Waals surface area (Å²) in [6.45, 7) is 4.18. The number of thiocarbonyl (C=S) groups is 1. The van der Waals surface area contributed by atoms with E-state index in [-0.39, 0.29) is 10.8 Å². The molecule has 0 atom stereocenters. The molecule has 2 fully saturated rings. The first-order valence-corrected chi connectivity index (χ1v) is 15.1. The van der Waals surface area contributed by atoms with Crippen molar-refractivity contribution in [1.82, 2.24) is 19.0 Å². The van der Waals surface area contributed by atoms with Crippen molar-refractivity contribution in [2.75, 3.05) is 32.8 Å². The molecule has 0 bridgehead atoms. The number of carbonyl (C=O) groups excluding carboxylic acids is 1. The lowest BCUT2D eigenvalue weighted by atomic mass is 10.1. The Bertz CT molecular complexity index is 1460. The van der Waals surface area contributed by atoms with Gasteiger partial charge in [-0.05, 0) is 42.8 Å². The molecule has 5 rings (SSSR count). The fourth-order valence-corrected chi connectivity index (χ4v) is 6.99. The first kappa shape index (κ1) is 26.8. The normalized spacial score (nSPS) is 18.0. The third kappa shape index (κ3) is 5.48. The molecule has 0 spiro atoms. The number of morpholine rings is 1. The monoisotopic (exact) mass is 568 g/mol. The van der Waals surface area contributed by atoms with Gasteiger partial charge in [-0.25, -0.2) is 13.1 Å². The van der Waals surface area contributed by atoms with E-state index in [1.807, 2.05) is 42.5 Å². The topological polar surface area (TPSA) is 84.7 Å². The van der Waals surface area contributed by atoms with E-state index in [0.717, 1.165) is 29.8 Å². The molecule has 2 aliphatic rings. The summed E-state index contributed by atoms with van der Waals surface area (Å²) in [7, 11) is -3.58. The molecule has 38 heavy (non-hydrogen) atoms. The standard InChI is InChI=1S/C27H28N4O4S3/c1-2-3-13-30-26(32)25(37-27(30)36)19-22-18-24(28-31(22)21-7-5-4-6-8-21)20-9-11-23(12-10-20)38(33,34)29-14-16-35-17-15-29/h4-12,18-19H,2-3,13-17H2,1H3/b25-19+. The summed E-state index contributed by atoms with van der Waals surface area (Å²) in [5.74, 6) is -0.0894. The minimum Gasteiger partial charge on any atom is -0.379 e. The van der Waals surface area contributed by atoms with Gasteiger partial charge in [0.2, 0.25) is 10.0 Å². The van der Waals surface area contributed by atoms with Crippen LogP contribution in [0.3, 0.4) is 0 Å². The molecule has 198 valence electrons. The van der Waals surface area contributed by atoms with Crippen molar-refractivity contribution in [1.29, 1.82) is 0 Å². The second kappa shape index (κ2) is 11.5. The summed E-state index contributed by atoms with van der Waals surface area (Å²) in [5, 5.41) is 4.82. The van der Waals surface area contributed by atoms with E-state index in [9.17, 15) is 13.2 Å². The smallest absolute Gasteiger partial charge is 0.266 e. The van der Waals surface area contributed by atoms with Gasteiger partial charge in [0, 0.05) is 25.2 Å². The molecule has 11 heteroatoms. The maximum absolute atomic E-state index is 13.1. The average molecular weight is 569 g/mol. The van der Waals surface area contributed by atoms with Crippen LogP contribution in [0.2, 0.25) is 0 Å². The predicted molar refractivity (Wildman–Crippen MR) is 153 cm³/mol. The molecule has 3 aromatic rings. The number of aromatic nitrogens is 2. The lowest BCUT2D eigenvalue weighted by Crippen LogP contribution is -2.40. The Balaban J connectivity index is 1.48. The van der Waals surface area contributed by atoms with E-state index in [4.69, 9.17) is 22.1 Å². The summed E-state index contributed by atoms with van der Waals surface area (Å²) in [6, 6.07) is 18.3. The summed E-state index contributed by atoms with van der Waals surface area (Å²) >= 11 is 6.77. The molecule has 0 N–H and O–H groups in total. The lowest BCUT2D eigenvalue weighted by Gasteiger charge is -2.26. The summed E-state index contributed by atoms with van der Waals surface area (Å²) in [6.07, 6.45) is 3.70. The molecule has 1 amide bonds. The van der Waals surface area contributed by atoms with Crippen molar-refractivity contribution in [2.45, 2.75) is 24.7 Å². The van der Waals surface area contributed by atoms with Crippen molar-refractivity contribution in [3.8, 4) is 16.9 Å². The van der Waals surface area contributed by atoms with Gasteiger partial charge in [0.25, 0.3) is 5.91 Å². The fraction of sp³-hybridized carbons (Fsp3) is 0.296. The Labute approximate surface area is 232 Å². The first-order chi connectivity index (χ1) is 18.4. The van der Waals surface area contributed by atoms with Gasteiger partial charge in [-0.2, -0.15) is 9.40 Å². The molecule has 2 saturated heterocycles. The molecule has 2 aromatic carbocycles. The second-order valence-corrected chi connectivity index (χ2v) is 12.5. The number of nitrogens with zero attached hydrogens (tertiary/aromatic N) is 4. The quantitative estimate of drug-likeness (QED) is 0.291. The number of amides is 1. The first-order valence-electron chi connectivity index (χ1n) is 12.5. The molecule has 0 unspecified atom stereocenters. The Kier molecular flexibility index (Phi) is 8.10. The van der Waals surface area contributed by atoms with Crippen LogP contribution < -0.4 is 0 Å². The number of hydrogen-bond donors (Lipinski definition) is 0. The van der Waals surface area contributed by atoms with Gasteiger partial charge in [-0.3, -0.25) is 9.69 Å². The van der Waals surface area contributed by atoms with Crippen molar-refractivity contribution in [2.24, 2.45) is 0 Å². The van der Waals surface area contributed by atoms with Crippen LogP contribution in [-0.4, -0.2) is 70.5 Å². The maximum atomic E-state index is 13.1. The number of sulfonamides is 1. The summed E-state index contributed by atoms with van der Waals surface area (Å²) < 4.78 is 35.1. The number of unbranched alkanes of at least 4 members (excludes halogenated alkanes) is 1. The number of rotatable bonds is 8. The third-order valence-electron chi connectivity index (χ3n) is 6.38. The number of para-hydroxylation sites is 1. The Morgan fingerprint density at radius 1 is 1.08 bits per heavy atom. The second-order valence-electron chi connectivity index (χ2n) is 8.93. The molecule has 0 aliphatic carbocycles. The van der Waals surface area contributed by atoms with E-state index in [2.05, 4.69) is 6.92 Å². The van der Waals surface area contributed by atoms with Crippen LogP contribution >= 0.6 is 24.0 Å². The Hall–Kier alpha value is -2.83. The molecular weight excluding hydrogens is 541 g/mol. The van der Waals surface area contributed by atoms with E-state index in [0.29, 0.717) is 47.8 Å². The van der Waals surface area contributed by atoms with E-state index in [1.165, 1.54) is 16.1 Å². The molecule has 8 nitrogen and oxygen atoms in total. The summed E-state index contributed by atoms with van der Waals surface area (Å²) in [5.41, 5.74) is 3.01. The van der Waals surface area contributed by atoms with Gasteiger partial charge >= 0.3 is 0 Å². The number of thioether (sulfide) groups is 1. The van der Waals surface area contributed by atoms with Gasteiger partial charge in [-0.1, -0.05) is 67.7 Å². The van der Waals surface area contributed by atoms with E-state index in [1.54, 1.807) is 33.8 Å². The van der Waals surface area contributed by atoms with E-state index < -0.39 is 10.0 Å². The fourth-order valence-electron chi connectivity index (χ4n) is 4.29. The van der Waals surface area contributed by atoms with Crippen molar-refractivity contribution >= 4 is 50.3 Å². The maximum Gasteiger partial charge on any atom is 0.266 e. The molecule has 1 aromatic heterocycles. The zero-order valence-corrected chi connectivity index (χ0v) is 23.4. The van der Waals surface area contributed by atoms with Crippen LogP contribution in [0.5, 0.6) is 0 Å². The third-order valence-corrected chi connectivity index (χ3v) is 9.67. The zero-order chi connectivity index (χ0) is 26.7. The zero-order valence-electron chi connectivity index (χ0n) is 20.9. The van der Waals surface area contributed by atoms with Crippen LogP contribution in [0.25, 0.3) is 23.0 Å². The van der Waals surface area contributed by atoms with Crippen LogP contribution in [0.4, 0.5) is 0 Å². The van der Waals surface area contributed by atoms with Crippen molar-refractivity contribution in [3.63, 3.8) is 0 Å². The van der Waals surface area contributed by atoms with Crippen LogP contribution in [-0.2, 0) is 19.6 Å². The average Bonchev–Trinajstić information content (AvgIpc) is 3.48. The minimum absolute atomic E-state index is 0.0894. The molecule has 3 heterocycles. The van der Waals surface area contributed by atoms with Gasteiger partial charge in [-0.15, -0.1) is 0 Å². The van der Waals surface area contributed by atoms with Crippen molar-refractivity contribution in [3.05, 3.63) is 71.3 Å². The highest BCUT2D eigenvalue weighted by molar-refractivity contribution is 8.26. The van der Waals surface area contributed by atoms with Crippen LogP contribution in [0.15, 0.2) is 70.5 Å². The molecule has 0 saturated carbocycles. The van der Waals surface area contributed by atoms with E-state index >= 15 is 0 Å². The number of carbonyl (C=O) groups is 1. The minimum atomic E-state index is -3.58. The van der Waals surface area contributed by atoms with Crippen molar-refractivity contribution < 1.29 is 17.9 Å². The largest absolute Gasteiger partial charge is 0.379 e. The molecule has 0 radical (unpaired) electrons.